The van der Waals surface area contributed by atoms with Gasteiger partial charge < -0.3 is 9.64 Å². The van der Waals surface area contributed by atoms with Crippen molar-refractivity contribution in [1.29, 1.82) is 0 Å². The maximum atomic E-state index is 11.8. The zero-order chi connectivity index (χ0) is 16.8. The maximum absolute atomic E-state index is 11.8. The molecular formula is C20H24N2O2. The van der Waals surface area contributed by atoms with Gasteiger partial charge in [-0.3, -0.25) is 9.78 Å². The van der Waals surface area contributed by atoms with E-state index in [4.69, 9.17) is 4.74 Å². The van der Waals surface area contributed by atoms with Crippen molar-refractivity contribution >= 4 is 5.91 Å². The summed E-state index contributed by atoms with van der Waals surface area (Å²) in [7, 11) is 0. The van der Waals surface area contributed by atoms with Gasteiger partial charge in [0.15, 0.2) is 0 Å². The quantitative estimate of drug-likeness (QED) is 0.849. The summed E-state index contributed by atoms with van der Waals surface area (Å²) in [6, 6.07) is 14.4. The van der Waals surface area contributed by atoms with Crippen molar-refractivity contribution in [2.45, 2.75) is 32.5 Å². The minimum absolute atomic E-state index is 0.153. The lowest BCUT2D eigenvalue weighted by atomic mass is 9.88. The van der Waals surface area contributed by atoms with Crippen LogP contribution in [0.3, 0.4) is 0 Å². The number of aromatic nitrogens is 1. The van der Waals surface area contributed by atoms with Gasteiger partial charge in [-0.1, -0.05) is 30.3 Å². The van der Waals surface area contributed by atoms with Gasteiger partial charge in [-0.25, -0.2) is 0 Å². The topological polar surface area (TPSA) is 42.4 Å². The summed E-state index contributed by atoms with van der Waals surface area (Å²) in [4.78, 5) is 17.7. The maximum Gasteiger partial charge on any atom is 0.219 e. The number of hydrogen-bond acceptors (Lipinski definition) is 3. The number of amides is 1. The van der Waals surface area contributed by atoms with E-state index >= 15 is 0 Å². The van der Waals surface area contributed by atoms with Crippen molar-refractivity contribution in [2.75, 3.05) is 13.1 Å². The first-order valence-corrected chi connectivity index (χ1v) is 8.52. The first-order valence-electron chi connectivity index (χ1n) is 8.52. The van der Waals surface area contributed by atoms with Crippen molar-refractivity contribution in [3.05, 3.63) is 66.0 Å². The highest BCUT2D eigenvalue weighted by molar-refractivity contribution is 5.73. The summed E-state index contributed by atoms with van der Waals surface area (Å²) in [5.41, 5.74) is 2.43. The fourth-order valence-corrected chi connectivity index (χ4v) is 3.31. The van der Waals surface area contributed by atoms with Crippen LogP contribution in [0.2, 0.25) is 0 Å². The molecule has 2 aromatic rings. The van der Waals surface area contributed by atoms with Gasteiger partial charge >= 0.3 is 0 Å². The van der Waals surface area contributed by atoms with Crippen LogP contribution in [-0.4, -0.2) is 35.0 Å². The van der Waals surface area contributed by atoms with E-state index in [1.165, 1.54) is 5.56 Å². The highest BCUT2D eigenvalue weighted by Gasteiger charge is 2.31. The Balaban J connectivity index is 1.66. The molecule has 3 rings (SSSR count). The molecule has 1 aliphatic rings. The third-order valence-corrected chi connectivity index (χ3v) is 4.66. The number of piperidine rings is 1. The second kappa shape index (κ2) is 8.06. The van der Waals surface area contributed by atoms with Crippen LogP contribution in [-0.2, 0) is 22.6 Å². The van der Waals surface area contributed by atoms with Gasteiger partial charge in [-0.15, -0.1) is 0 Å². The number of nitrogens with zero attached hydrogens (tertiary/aromatic N) is 2. The molecule has 2 atom stereocenters. The number of carbonyl (C=O) groups is 1. The van der Waals surface area contributed by atoms with Gasteiger partial charge in [-0.2, -0.15) is 0 Å². The van der Waals surface area contributed by atoms with Crippen LogP contribution >= 0.6 is 0 Å². The number of ether oxygens (including phenoxy) is 1. The average molecular weight is 324 g/mol. The minimum atomic E-state index is 0.153. The average Bonchev–Trinajstić information content (AvgIpc) is 2.62. The molecule has 4 heteroatoms. The first kappa shape index (κ1) is 16.7. The smallest absolute Gasteiger partial charge is 0.219 e. The molecule has 1 aliphatic heterocycles. The highest BCUT2D eigenvalue weighted by Crippen LogP contribution is 2.25. The Morgan fingerprint density at radius 2 is 1.92 bits per heavy atom. The standard InChI is InChI=1S/C20H24N2O2/c1-16(23)22-12-9-20(24-15-18-7-10-21-11-8-18)19(14-22)13-17-5-3-2-4-6-17/h2-8,10-11,19-20H,9,12-15H2,1H3/t19-,20-/m0/s1. The predicted molar refractivity (Wildman–Crippen MR) is 93.3 cm³/mol. The Kier molecular flexibility index (Phi) is 5.59. The Labute approximate surface area is 143 Å². The Hall–Kier alpha value is -2.20. The van der Waals surface area contributed by atoms with Crippen LogP contribution in [0.4, 0.5) is 0 Å². The van der Waals surface area contributed by atoms with Gasteiger partial charge in [0.25, 0.3) is 0 Å². The van der Waals surface area contributed by atoms with Gasteiger partial charge in [0, 0.05) is 38.3 Å². The molecule has 1 fully saturated rings. The minimum Gasteiger partial charge on any atom is -0.373 e. The largest absolute Gasteiger partial charge is 0.373 e. The summed E-state index contributed by atoms with van der Waals surface area (Å²) in [5, 5.41) is 0. The number of hydrogen-bond donors (Lipinski definition) is 0. The van der Waals surface area contributed by atoms with Crippen molar-refractivity contribution < 1.29 is 9.53 Å². The van der Waals surface area contributed by atoms with Crippen LogP contribution in [0.5, 0.6) is 0 Å². The van der Waals surface area contributed by atoms with E-state index in [9.17, 15) is 4.79 Å². The normalized spacial score (nSPS) is 20.8. The van der Waals surface area contributed by atoms with E-state index in [0.29, 0.717) is 12.5 Å². The van der Waals surface area contributed by atoms with Crippen LogP contribution in [0.25, 0.3) is 0 Å². The molecular weight excluding hydrogens is 300 g/mol. The molecule has 1 amide bonds. The lowest BCUT2D eigenvalue weighted by molar-refractivity contribution is -0.134. The molecule has 4 nitrogen and oxygen atoms in total. The molecule has 0 saturated carbocycles. The summed E-state index contributed by atoms with van der Waals surface area (Å²) >= 11 is 0. The molecule has 0 N–H and O–H groups in total. The van der Waals surface area contributed by atoms with Crippen molar-refractivity contribution in [3.8, 4) is 0 Å². The summed E-state index contributed by atoms with van der Waals surface area (Å²) in [6.07, 6.45) is 5.58. The summed E-state index contributed by atoms with van der Waals surface area (Å²) < 4.78 is 6.22. The van der Waals surface area contributed by atoms with Crippen LogP contribution < -0.4 is 0 Å². The SMILES string of the molecule is CC(=O)N1CC[C@H](OCc2ccncc2)[C@@H](Cc2ccccc2)C1. The van der Waals surface area contributed by atoms with Gasteiger partial charge in [-0.05, 0) is 36.1 Å². The molecule has 24 heavy (non-hydrogen) atoms. The first-order chi connectivity index (χ1) is 11.7. The molecule has 2 heterocycles. The zero-order valence-electron chi connectivity index (χ0n) is 14.1. The fourth-order valence-electron chi connectivity index (χ4n) is 3.31. The second-order valence-electron chi connectivity index (χ2n) is 6.41. The van der Waals surface area contributed by atoms with E-state index in [2.05, 4.69) is 29.2 Å². The van der Waals surface area contributed by atoms with Crippen molar-refractivity contribution in [1.82, 2.24) is 9.88 Å². The molecule has 0 bridgehead atoms. The third-order valence-electron chi connectivity index (χ3n) is 4.66. The molecule has 126 valence electrons. The molecule has 0 radical (unpaired) electrons. The van der Waals surface area contributed by atoms with E-state index in [0.717, 1.165) is 31.5 Å². The van der Waals surface area contributed by atoms with Gasteiger partial charge in [0.1, 0.15) is 0 Å². The van der Waals surface area contributed by atoms with Crippen molar-refractivity contribution in [3.63, 3.8) is 0 Å². The lowest BCUT2D eigenvalue weighted by Gasteiger charge is -2.38. The van der Waals surface area contributed by atoms with E-state index in [-0.39, 0.29) is 12.0 Å². The zero-order valence-corrected chi connectivity index (χ0v) is 14.1. The Bertz CT molecular complexity index is 645. The van der Waals surface area contributed by atoms with Gasteiger partial charge in [0.2, 0.25) is 5.91 Å². The summed E-state index contributed by atoms with van der Waals surface area (Å²) in [6.45, 7) is 3.79. The third kappa shape index (κ3) is 4.42. The van der Waals surface area contributed by atoms with Crippen LogP contribution in [0.15, 0.2) is 54.9 Å². The van der Waals surface area contributed by atoms with E-state index < -0.39 is 0 Å². The number of rotatable bonds is 5. The van der Waals surface area contributed by atoms with E-state index in [1.807, 2.05) is 23.1 Å². The molecule has 0 unspecified atom stereocenters. The van der Waals surface area contributed by atoms with Gasteiger partial charge in [0.05, 0.1) is 12.7 Å². The molecule has 0 spiro atoms. The lowest BCUT2D eigenvalue weighted by Crippen LogP contribution is -2.46. The number of pyridine rings is 1. The number of carbonyl (C=O) groups excluding carboxylic acids is 1. The fraction of sp³-hybridized carbons (Fsp3) is 0.400. The van der Waals surface area contributed by atoms with Crippen molar-refractivity contribution in [2.24, 2.45) is 5.92 Å². The van der Waals surface area contributed by atoms with Crippen LogP contribution in [0, 0.1) is 5.92 Å². The molecule has 1 saturated heterocycles. The molecule has 0 aliphatic carbocycles. The number of likely N-dealkylation sites (tertiary alicyclic amines) is 1. The predicted octanol–water partition coefficient (Wildman–Crippen LogP) is 3.08. The molecule has 1 aromatic heterocycles. The van der Waals surface area contributed by atoms with E-state index in [1.54, 1.807) is 19.3 Å². The second-order valence-corrected chi connectivity index (χ2v) is 6.41. The molecule has 1 aromatic carbocycles. The monoisotopic (exact) mass is 324 g/mol. The Morgan fingerprint density at radius 1 is 1.17 bits per heavy atom. The summed E-state index contributed by atoms with van der Waals surface area (Å²) in [5.74, 6) is 0.479. The Morgan fingerprint density at radius 3 is 2.62 bits per heavy atom. The number of benzene rings is 1. The van der Waals surface area contributed by atoms with Crippen LogP contribution in [0.1, 0.15) is 24.5 Å². The highest BCUT2D eigenvalue weighted by atomic mass is 16.5.